The Labute approximate surface area is 147 Å². The summed E-state index contributed by atoms with van der Waals surface area (Å²) in [6.45, 7) is 0. The summed E-state index contributed by atoms with van der Waals surface area (Å²) in [6, 6.07) is 15.2. The Morgan fingerprint density at radius 2 is 1.77 bits per heavy atom. The zero-order chi connectivity index (χ0) is 18.3. The summed E-state index contributed by atoms with van der Waals surface area (Å²) < 4.78 is 1.55. The molecular formula is C19H15N5O2. The van der Waals surface area contributed by atoms with Gasteiger partial charge >= 0.3 is 0 Å². The van der Waals surface area contributed by atoms with Crippen LogP contribution in [0, 0.1) is 5.41 Å². The fourth-order valence-electron chi connectivity index (χ4n) is 3.07. The highest BCUT2D eigenvalue weighted by atomic mass is 16.3. The summed E-state index contributed by atoms with van der Waals surface area (Å²) in [7, 11) is 0. The van der Waals surface area contributed by atoms with Crippen molar-refractivity contribution in [2.24, 2.45) is 10.7 Å². The van der Waals surface area contributed by atoms with Crippen LogP contribution in [-0.2, 0) is 0 Å². The topological polar surface area (TPSA) is 120 Å². The van der Waals surface area contributed by atoms with E-state index in [0.29, 0.717) is 32.9 Å². The lowest BCUT2D eigenvalue weighted by molar-refractivity contribution is 0.475. The first-order valence-electron chi connectivity index (χ1n) is 7.89. The third-order valence-corrected chi connectivity index (χ3v) is 4.16. The van der Waals surface area contributed by atoms with Crippen molar-refractivity contribution in [2.75, 3.05) is 0 Å². The molecule has 0 saturated carbocycles. The largest absolute Gasteiger partial charge is 0.508 e. The van der Waals surface area contributed by atoms with E-state index in [9.17, 15) is 9.90 Å². The molecule has 4 aromatic rings. The SMILES string of the molecule is N=C(N)/N=c1/c2ccccc2c(=O)n(-c2ccc(O)cc2)c2cc[nH]c12. The lowest BCUT2D eigenvalue weighted by atomic mass is 10.2. The van der Waals surface area contributed by atoms with Gasteiger partial charge in [0, 0.05) is 22.7 Å². The maximum Gasteiger partial charge on any atom is 0.263 e. The minimum Gasteiger partial charge on any atom is -0.508 e. The van der Waals surface area contributed by atoms with Crippen molar-refractivity contribution in [3.05, 3.63) is 76.5 Å². The maximum absolute atomic E-state index is 13.3. The second-order valence-electron chi connectivity index (χ2n) is 5.79. The third-order valence-electron chi connectivity index (χ3n) is 4.16. The number of phenols is 1. The molecular weight excluding hydrogens is 330 g/mol. The van der Waals surface area contributed by atoms with E-state index in [4.69, 9.17) is 11.1 Å². The Balaban J connectivity index is 2.33. The smallest absolute Gasteiger partial charge is 0.263 e. The molecule has 2 heterocycles. The van der Waals surface area contributed by atoms with Gasteiger partial charge < -0.3 is 15.8 Å². The Kier molecular flexibility index (Phi) is 3.54. The Bertz CT molecular complexity index is 1280. The number of H-pyrrole nitrogens is 1. The lowest BCUT2D eigenvalue weighted by Gasteiger charge is -2.05. The summed E-state index contributed by atoms with van der Waals surface area (Å²) in [4.78, 5) is 20.6. The van der Waals surface area contributed by atoms with Crippen LogP contribution in [0.3, 0.4) is 0 Å². The molecule has 0 saturated heterocycles. The van der Waals surface area contributed by atoms with E-state index in [-0.39, 0.29) is 17.3 Å². The van der Waals surface area contributed by atoms with Crippen molar-refractivity contribution >= 4 is 27.8 Å². The van der Waals surface area contributed by atoms with Gasteiger partial charge in [-0.3, -0.25) is 14.8 Å². The number of aromatic nitrogens is 2. The number of aromatic amines is 1. The summed E-state index contributed by atoms with van der Waals surface area (Å²) >= 11 is 0. The van der Waals surface area contributed by atoms with Gasteiger partial charge in [-0.05, 0) is 36.4 Å². The molecule has 0 unspecified atom stereocenters. The number of guanidine groups is 1. The molecule has 2 aromatic heterocycles. The molecule has 7 nitrogen and oxygen atoms in total. The van der Waals surface area contributed by atoms with E-state index in [1.54, 1.807) is 53.2 Å². The van der Waals surface area contributed by atoms with Crippen LogP contribution in [0.2, 0.25) is 0 Å². The van der Waals surface area contributed by atoms with Gasteiger partial charge in [-0.15, -0.1) is 0 Å². The first kappa shape index (κ1) is 15.6. The number of nitrogens with one attached hydrogen (secondary N) is 2. The van der Waals surface area contributed by atoms with Crippen LogP contribution in [0.5, 0.6) is 5.75 Å². The first-order valence-corrected chi connectivity index (χ1v) is 7.89. The molecule has 0 fully saturated rings. The predicted octanol–water partition coefficient (Wildman–Crippen LogP) is 1.97. The van der Waals surface area contributed by atoms with E-state index >= 15 is 0 Å². The van der Waals surface area contributed by atoms with E-state index in [1.807, 2.05) is 0 Å². The molecule has 2 aromatic carbocycles. The van der Waals surface area contributed by atoms with Crippen LogP contribution in [0.1, 0.15) is 0 Å². The number of fused-ring (bicyclic) bond motifs is 2. The maximum atomic E-state index is 13.3. The Morgan fingerprint density at radius 3 is 2.46 bits per heavy atom. The molecule has 0 radical (unpaired) electrons. The van der Waals surface area contributed by atoms with Crippen LogP contribution in [0.25, 0.3) is 27.5 Å². The van der Waals surface area contributed by atoms with E-state index in [0.717, 1.165) is 0 Å². The molecule has 0 aliphatic rings. The van der Waals surface area contributed by atoms with Crippen LogP contribution in [-0.4, -0.2) is 20.6 Å². The fourth-order valence-corrected chi connectivity index (χ4v) is 3.07. The lowest BCUT2D eigenvalue weighted by Crippen LogP contribution is -2.16. The molecule has 4 rings (SSSR count). The minimum atomic E-state index is -0.346. The van der Waals surface area contributed by atoms with Crippen molar-refractivity contribution in [3.8, 4) is 11.4 Å². The van der Waals surface area contributed by atoms with Crippen LogP contribution >= 0.6 is 0 Å². The standard InChI is InChI=1S/C19H15N5O2/c20-19(21)23-16-13-3-1-2-4-14(13)18(26)24(15-9-10-22-17(15)16)11-5-7-12(25)8-6-11/h1-10,22,25H,(H3,20,21)/b23-16-. The van der Waals surface area contributed by atoms with Crippen LogP contribution in [0.15, 0.2) is 70.6 Å². The monoisotopic (exact) mass is 345 g/mol. The van der Waals surface area contributed by atoms with Crippen LogP contribution in [0.4, 0.5) is 0 Å². The van der Waals surface area contributed by atoms with E-state index in [1.165, 1.54) is 12.1 Å². The highest BCUT2D eigenvalue weighted by Crippen LogP contribution is 2.18. The molecule has 128 valence electrons. The summed E-state index contributed by atoms with van der Waals surface area (Å²) in [6.07, 6.45) is 1.70. The second-order valence-corrected chi connectivity index (χ2v) is 5.79. The Morgan fingerprint density at radius 1 is 1.08 bits per heavy atom. The number of hydrogen-bond acceptors (Lipinski definition) is 3. The number of nitrogens with zero attached hydrogens (tertiary/aromatic N) is 2. The highest BCUT2D eigenvalue weighted by Gasteiger charge is 2.12. The third kappa shape index (κ3) is 2.42. The quantitative estimate of drug-likeness (QED) is 0.312. The number of hydrogen-bond donors (Lipinski definition) is 4. The normalized spacial score (nSPS) is 11.9. The highest BCUT2D eigenvalue weighted by molar-refractivity contribution is 5.91. The second kappa shape index (κ2) is 5.89. The fraction of sp³-hybridized carbons (Fsp3) is 0. The van der Waals surface area contributed by atoms with Crippen LogP contribution < -0.4 is 16.7 Å². The van der Waals surface area contributed by atoms with Crippen molar-refractivity contribution in [1.82, 2.24) is 9.55 Å². The molecule has 26 heavy (non-hydrogen) atoms. The molecule has 0 bridgehead atoms. The number of nitrogens with two attached hydrogens (primary N) is 1. The van der Waals surface area contributed by atoms with E-state index < -0.39 is 0 Å². The Hall–Kier alpha value is -3.87. The molecule has 0 amide bonds. The molecule has 0 aliphatic carbocycles. The van der Waals surface area contributed by atoms with Gasteiger partial charge in [-0.1, -0.05) is 18.2 Å². The molecule has 0 spiro atoms. The number of benzene rings is 2. The summed E-state index contributed by atoms with van der Waals surface area (Å²) in [5.74, 6) is -0.231. The zero-order valence-electron chi connectivity index (χ0n) is 13.6. The molecule has 7 heteroatoms. The van der Waals surface area contributed by atoms with Crippen molar-refractivity contribution in [2.45, 2.75) is 0 Å². The first-order chi connectivity index (χ1) is 12.6. The summed E-state index contributed by atoms with van der Waals surface area (Å²) in [5.41, 5.74) is 7.06. The molecule has 0 atom stereocenters. The minimum absolute atomic E-state index is 0.115. The van der Waals surface area contributed by atoms with Crippen molar-refractivity contribution < 1.29 is 5.11 Å². The summed E-state index contributed by atoms with van der Waals surface area (Å²) in [5, 5.41) is 18.6. The van der Waals surface area contributed by atoms with Gasteiger partial charge in [0.2, 0.25) is 5.96 Å². The average molecular weight is 345 g/mol. The molecule has 0 aliphatic heterocycles. The van der Waals surface area contributed by atoms with Gasteiger partial charge in [-0.2, -0.15) is 0 Å². The number of phenolic OH excluding ortho intramolecular Hbond substituents is 1. The van der Waals surface area contributed by atoms with Gasteiger partial charge in [0.05, 0.1) is 11.0 Å². The van der Waals surface area contributed by atoms with Gasteiger partial charge in [-0.25, -0.2) is 4.99 Å². The molecule has 5 N–H and O–H groups in total. The zero-order valence-corrected chi connectivity index (χ0v) is 13.6. The van der Waals surface area contributed by atoms with Crippen molar-refractivity contribution in [3.63, 3.8) is 0 Å². The van der Waals surface area contributed by atoms with Gasteiger partial charge in [0.1, 0.15) is 11.1 Å². The number of rotatable bonds is 1. The average Bonchev–Trinajstić information content (AvgIpc) is 3.07. The number of aromatic hydroxyl groups is 1. The van der Waals surface area contributed by atoms with E-state index in [2.05, 4.69) is 9.98 Å². The van der Waals surface area contributed by atoms with Gasteiger partial charge in [0.25, 0.3) is 5.56 Å². The van der Waals surface area contributed by atoms with Gasteiger partial charge in [0.15, 0.2) is 0 Å². The van der Waals surface area contributed by atoms with Crippen molar-refractivity contribution in [1.29, 1.82) is 5.41 Å². The predicted molar refractivity (Wildman–Crippen MR) is 101 cm³/mol.